The Bertz CT molecular complexity index is 1140. The fourth-order valence-electron chi connectivity index (χ4n) is 8.21. The van der Waals surface area contributed by atoms with Crippen molar-refractivity contribution in [3.8, 4) is 6.07 Å². The summed E-state index contributed by atoms with van der Waals surface area (Å²) >= 11 is 0. The Morgan fingerprint density at radius 1 is 0.976 bits per heavy atom. The second kappa shape index (κ2) is 10.9. The zero-order valence-electron chi connectivity index (χ0n) is 28.8. The molecule has 0 amide bonds. The number of nitrogens with zero attached hydrogens (tertiary/aromatic N) is 1. The fraction of sp³-hybridized carbons (Fsp3) is 0.806. The summed E-state index contributed by atoms with van der Waals surface area (Å²) in [5.74, 6) is 1.60. The first-order valence-electron chi connectivity index (χ1n) is 16.5. The largest absolute Gasteiger partial charge is 0.414 e. The zero-order chi connectivity index (χ0) is 30.8. The Morgan fingerprint density at radius 2 is 1.59 bits per heavy atom. The first-order chi connectivity index (χ1) is 18.7. The van der Waals surface area contributed by atoms with Crippen molar-refractivity contribution < 1.29 is 8.85 Å². The molecular weight excluding hydrogens is 535 g/mol. The van der Waals surface area contributed by atoms with Crippen LogP contribution in [-0.2, 0) is 8.85 Å². The summed E-state index contributed by atoms with van der Waals surface area (Å²) < 4.78 is 14.6. The number of fused-ring (bicyclic) bond motifs is 5. The van der Waals surface area contributed by atoms with Crippen LogP contribution in [-0.4, -0.2) is 28.8 Å². The van der Waals surface area contributed by atoms with Crippen LogP contribution in [0.2, 0.25) is 36.3 Å². The lowest BCUT2D eigenvalue weighted by atomic mass is 9.49. The van der Waals surface area contributed by atoms with Crippen LogP contribution in [0.5, 0.6) is 0 Å². The van der Waals surface area contributed by atoms with Crippen molar-refractivity contribution in [2.24, 2.45) is 28.6 Å². The highest BCUT2D eigenvalue weighted by atomic mass is 28.4. The van der Waals surface area contributed by atoms with Crippen LogP contribution in [0.1, 0.15) is 107 Å². The Balaban J connectivity index is 1.71. The molecule has 7 atom stereocenters. The number of hydrogen-bond donors (Lipinski definition) is 0. The van der Waals surface area contributed by atoms with Crippen molar-refractivity contribution >= 4 is 16.6 Å². The maximum absolute atomic E-state index is 9.22. The van der Waals surface area contributed by atoms with Gasteiger partial charge in [0.1, 0.15) is 0 Å². The zero-order valence-corrected chi connectivity index (χ0v) is 30.8. The third-order valence-electron chi connectivity index (χ3n) is 13.0. The van der Waals surface area contributed by atoms with Gasteiger partial charge in [-0.05, 0) is 98.0 Å². The smallest absolute Gasteiger partial charge is 0.192 e. The van der Waals surface area contributed by atoms with Gasteiger partial charge in [0.25, 0.3) is 0 Å². The quantitative estimate of drug-likeness (QED) is 0.217. The van der Waals surface area contributed by atoms with Gasteiger partial charge >= 0.3 is 0 Å². The van der Waals surface area contributed by atoms with Crippen molar-refractivity contribution in [1.82, 2.24) is 0 Å². The lowest BCUT2D eigenvalue weighted by molar-refractivity contribution is -0.0389. The molecule has 0 saturated heterocycles. The summed E-state index contributed by atoms with van der Waals surface area (Å²) in [6.07, 6.45) is 15.3. The van der Waals surface area contributed by atoms with E-state index < -0.39 is 16.6 Å². The summed E-state index contributed by atoms with van der Waals surface area (Å²) in [4.78, 5) is 0. The molecule has 0 unspecified atom stereocenters. The van der Waals surface area contributed by atoms with Crippen LogP contribution in [0.3, 0.4) is 0 Å². The number of rotatable bonds is 7. The summed E-state index contributed by atoms with van der Waals surface area (Å²) in [7, 11) is -3.91. The minimum absolute atomic E-state index is 0.0173. The van der Waals surface area contributed by atoms with Gasteiger partial charge in [0.15, 0.2) is 16.6 Å². The Kier molecular flexibility index (Phi) is 8.76. The van der Waals surface area contributed by atoms with Crippen LogP contribution >= 0.6 is 0 Å². The monoisotopic (exact) mass is 595 g/mol. The summed E-state index contributed by atoms with van der Waals surface area (Å²) in [6, 6.07) is 2.38. The molecule has 2 fully saturated rings. The van der Waals surface area contributed by atoms with E-state index in [0.717, 1.165) is 25.7 Å². The molecule has 5 heteroatoms. The lowest BCUT2D eigenvalue weighted by Crippen LogP contribution is -2.58. The molecule has 230 valence electrons. The minimum atomic E-state index is -2.00. The standard InChI is InChI=1S/C36H61NO2Si2/c1-25(15-14-22-37)29-18-19-30-28-17-16-26-23-27(38-40(10,11)33(2,3)4)24-32(39-41(12,13)34(5,6)7)36(26,9)31(28)20-21-35(29,30)8/h16-18,25,27,30-32H,14-15,19-21,23-24H2,1-13H3/t25-,27+,30-,31-,32-,35+,36-/m0/s1. The van der Waals surface area contributed by atoms with Crippen LogP contribution < -0.4 is 0 Å². The van der Waals surface area contributed by atoms with Gasteiger partial charge in [-0.2, -0.15) is 5.26 Å². The second-order valence-corrected chi connectivity index (χ2v) is 27.0. The van der Waals surface area contributed by atoms with Gasteiger partial charge in [-0.15, -0.1) is 0 Å². The maximum Gasteiger partial charge on any atom is 0.192 e. The predicted molar refractivity (Wildman–Crippen MR) is 179 cm³/mol. The van der Waals surface area contributed by atoms with E-state index in [2.05, 4.69) is 113 Å². The Labute approximate surface area is 255 Å². The SMILES string of the molecule is C[C@@H](CCC#N)C1=CC[C@H]2C3=CC=C4C[C@@H](O[Si](C)(C)C(C)(C)C)C[C@H](O[Si](C)(C)C(C)(C)C)[C@]4(C)[C@H]3CC[C@]12C. The van der Waals surface area contributed by atoms with E-state index in [4.69, 9.17) is 8.85 Å². The highest BCUT2D eigenvalue weighted by molar-refractivity contribution is 6.74. The molecule has 4 aliphatic rings. The molecule has 4 rings (SSSR count). The fourth-order valence-corrected chi connectivity index (χ4v) is 11.0. The van der Waals surface area contributed by atoms with E-state index in [1.54, 1.807) is 16.7 Å². The van der Waals surface area contributed by atoms with Crippen LogP contribution in [0, 0.1) is 39.9 Å². The Hall–Kier alpha value is -0.936. The average molecular weight is 596 g/mol. The van der Waals surface area contributed by atoms with Gasteiger partial charge in [-0.3, -0.25) is 0 Å². The van der Waals surface area contributed by atoms with E-state index in [9.17, 15) is 5.26 Å². The summed E-state index contributed by atoms with van der Waals surface area (Å²) in [5.41, 5.74) is 5.11. The molecule has 0 aromatic rings. The summed E-state index contributed by atoms with van der Waals surface area (Å²) in [6.45, 7) is 31.3. The third-order valence-corrected chi connectivity index (χ3v) is 22.0. The van der Waals surface area contributed by atoms with Gasteiger partial charge in [0, 0.05) is 11.8 Å². The molecule has 0 aromatic heterocycles. The normalized spacial score (nSPS) is 34.9. The molecule has 0 aliphatic heterocycles. The van der Waals surface area contributed by atoms with E-state index in [-0.39, 0.29) is 33.1 Å². The van der Waals surface area contributed by atoms with E-state index in [1.165, 1.54) is 12.8 Å². The predicted octanol–water partition coefficient (Wildman–Crippen LogP) is 10.7. The topological polar surface area (TPSA) is 42.2 Å². The van der Waals surface area contributed by atoms with Crippen LogP contribution in [0.15, 0.2) is 34.9 Å². The first kappa shape index (κ1) is 33.0. The van der Waals surface area contributed by atoms with E-state index >= 15 is 0 Å². The highest BCUT2D eigenvalue weighted by Crippen LogP contribution is 2.65. The van der Waals surface area contributed by atoms with E-state index in [0.29, 0.717) is 24.2 Å². The third kappa shape index (κ3) is 5.70. The molecule has 0 N–H and O–H groups in total. The van der Waals surface area contributed by atoms with Crippen molar-refractivity contribution in [2.75, 3.05) is 0 Å². The maximum atomic E-state index is 9.22. The van der Waals surface area contributed by atoms with Gasteiger partial charge in [-0.25, -0.2) is 0 Å². The van der Waals surface area contributed by atoms with Gasteiger partial charge in [-0.1, -0.05) is 97.3 Å². The van der Waals surface area contributed by atoms with E-state index in [1.807, 2.05) is 0 Å². The van der Waals surface area contributed by atoms with Gasteiger partial charge in [0.2, 0.25) is 0 Å². The number of allylic oxidation sites excluding steroid dienone is 5. The van der Waals surface area contributed by atoms with Crippen molar-refractivity contribution in [3.63, 3.8) is 0 Å². The molecule has 3 nitrogen and oxygen atoms in total. The van der Waals surface area contributed by atoms with Crippen molar-refractivity contribution in [3.05, 3.63) is 34.9 Å². The van der Waals surface area contributed by atoms with Crippen LogP contribution in [0.4, 0.5) is 0 Å². The molecule has 0 spiro atoms. The minimum Gasteiger partial charge on any atom is -0.414 e. The van der Waals surface area contributed by atoms with Crippen molar-refractivity contribution in [1.29, 1.82) is 5.26 Å². The molecule has 0 bridgehead atoms. The molecule has 4 aliphatic carbocycles. The summed E-state index contributed by atoms with van der Waals surface area (Å²) in [5, 5.41) is 9.59. The number of hydrogen-bond acceptors (Lipinski definition) is 3. The Morgan fingerprint density at radius 3 is 2.17 bits per heavy atom. The van der Waals surface area contributed by atoms with Gasteiger partial charge in [0.05, 0.1) is 18.3 Å². The molecule has 41 heavy (non-hydrogen) atoms. The molecule has 2 saturated carbocycles. The van der Waals surface area contributed by atoms with Crippen LogP contribution in [0.25, 0.3) is 0 Å². The van der Waals surface area contributed by atoms with Gasteiger partial charge < -0.3 is 8.85 Å². The average Bonchev–Trinajstić information content (AvgIpc) is 3.19. The molecule has 0 aromatic carbocycles. The highest BCUT2D eigenvalue weighted by Gasteiger charge is 2.59. The molecular formula is C36H61NO2Si2. The first-order valence-corrected chi connectivity index (χ1v) is 22.3. The lowest BCUT2D eigenvalue weighted by Gasteiger charge is -2.59. The molecule has 0 radical (unpaired) electrons. The van der Waals surface area contributed by atoms with Crippen molar-refractivity contribution in [2.45, 2.75) is 156 Å². The molecule has 0 heterocycles. The number of nitriles is 1. The second-order valence-electron chi connectivity index (χ2n) is 17.5.